The molecule has 1 rings (SSSR count). The highest BCUT2D eigenvalue weighted by Crippen LogP contribution is 2.31. The number of aromatic nitrogens is 3. The molecule has 0 saturated heterocycles. The molecule has 0 fully saturated rings. The number of aliphatic carboxylic acids is 1. The Hall–Kier alpha value is -2.21. The van der Waals surface area contributed by atoms with Crippen molar-refractivity contribution in [3.63, 3.8) is 0 Å². The normalized spacial score (nSPS) is 11.7. The zero-order valence-corrected chi connectivity index (χ0v) is 16.7. The first kappa shape index (κ1) is 24.8. The van der Waals surface area contributed by atoms with Gasteiger partial charge in [0.2, 0.25) is 0 Å². The molecule has 0 radical (unpaired) electrons. The average molecular weight is 410 g/mol. The van der Waals surface area contributed by atoms with E-state index in [0.29, 0.717) is 5.82 Å². The summed E-state index contributed by atoms with van der Waals surface area (Å²) in [5.41, 5.74) is -1.08. The molecule has 27 heavy (non-hydrogen) atoms. The van der Waals surface area contributed by atoms with E-state index in [4.69, 9.17) is 20.7 Å². The van der Waals surface area contributed by atoms with E-state index in [0.717, 1.165) is 9.36 Å². The van der Waals surface area contributed by atoms with Crippen molar-refractivity contribution in [3.05, 3.63) is 16.3 Å². The molecule has 0 aromatic carbocycles. The predicted molar refractivity (Wildman–Crippen MR) is 97.0 cm³/mol. The molecule has 0 saturated carbocycles. The number of carbonyl (C=O) groups excluding carboxylic acids is 1. The minimum atomic E-state index is -4.10. The Kier molecular flexibility index (Phi) is 8.86. The number of carboxylic acid groups (broad SMARTS) is 1. The van der Waals surface area contributed by atoms with Crippen LogP contribution in [0.5, 0.6) is 0 Å². The number of nitrogens with one attached hydrogen (secondary N) is 2. The molecule has 1 heterocycles. The smallest absolute Gasteiger partial charge is 0.373 e. The minimum absolute atomic E-state index is 0.0311. The summed E-state index contributed by atoms with van der Waals surface area (Å²) in [6, 6.07) is -0.575. The Morgan fingerprint density at radius 3 is 2.15 bits per heavy atom. The Morgan fingerprint density at radius 2 is 1.81 bits per heavy atom. The summed E-state index contributed by atoms with van der Waals surface area (Å²) < 4.78 is 11.7. The van der Waals surface area contributed by atoms with Crippen LogP contribution >= 0.6 is 7.60 Å². The fraction of sp³-hybridized carbons (Fsp3) is 0.692. The van der Waals surface area contributed by atoms with E-state index in [1.54, 1.807) is 0 Å². The Labute approximate surface area is 155 Å². The zero-order chi connectivity index (χ0) is 21.6. The van der Waals surface area contributed by atoms with Gasteiger partial charge >= 0.3 is 25.3 Å². The van der Waals surface area contributed by atoms with Gasteiger partial charge in [0.25, 0.3) is 0 Å². The van der Waals surface area contributed by atoms with Crippen molar-refractivity contribution in [3.8, 4) is 0 Å². The Bertz CT molecular complexity index is 758. The van der Waals surface area contributed by atoms with Crippen molar-refractivity contribution in [1.29, 1.82) is 0 Å². The van der Waals surface area contributed by atoms with Gasteiger partial charge in [-0.25, -0.2) is 9.59 Å². The first-order chi connectivity index (χ1) is 12.0. The van der Waals surface area contributed by atoms with Gasteiger partial charge in [-0.15, -0.1) is 9.78 Å². The highest BCUT2D eigenvalue weighted by molar-refractivity contribution is 7.51. The minimum Gasteiger partial charge on any atom is -0.480 e. The zero-order valence-electron chi connectivity index (χ0n) is 15.8. The third kappa shape index (κ3) is 9.89. The van der Waals surface area contributed by atoms with E-state index in [-0.39, 0.29) is 5.92 Å². The fourth-order valence-corrected chi connectivity index (χ4v) is 2.00. The van der Waals surface area contributed by atoms with Crippen LogP contribution in [-0.2, 0) is 9.36 Å². The lowest BCUT2D eigenvalue weighted by Gasteiger charge is -2.19. The number of amides is 1. The first-order valence-corrected chi connectivity index (χ1v) is 9.61. The summed E-state index contributed by atoms with van der Waals surface area (Å²) in [7, 11) is -4.10. The van der Waals surface area contributed by atoms with Crippen LogP contribution in [0, 0.1) is 0 Å². The highest BCUT2D eigenvalue weighted by atomic mass is 31.2. The van der Waals surface area contributed by atoms with Gasteiger partial charge in [0.1, 0.15) is 0 Å². The lowest BCUT2D eigenvalue weighted by atomic mass is 10.1. The van der Waals surface area contributed by atoms with E-state index < -0.39 is 43.7 Å². The van der Waals surface area contributed by atoms with Gasteiger partial charge in [0, 0.05) is 11.5 Å². The molecule has 156 valence electrons. The molecular formula is C13H27N6O7P. The topological polar surface area (TPSA) is 202 Å². The Morgan fingerprint density at radius 1 is 1.30 bits per heavy atom. The van der Waals surface area contributed by atoms with Crippen LogP contribution < -0.4 is 22.2 Å². The SMILES string of the molecule is CC(C)c1nn(C(=O)NC(C)(C)C)c(=O)n1N.O=C(O)CNCP(=O)(O)O. The van der Waals surface area contributed by atoms with Gasteiger partial charge < -0.3 is 26.1 Å². The highest BCUT2D eigenvalue weighted by Gasteiger charge is 2.22. The largest absolute Gasteiger partial charge is 0.480 e. The molecule has 1 aromatic heterocycles. The second-order valence-corrected chi connectivity index (χ2v) is 8.55. The maximum Gasteiger partial charge on any atom is 0.373 e. The number of nitrogens with zero attached hydrogens (tertiary/aromatic N) is 3. The first-order valence-electron chi connectivity index (χ1n) is 7.82. The van der Waals surface area contributed by atoms with Gasteiger partial charge in [0.15, 0.2) is 5.82 Å². The fourth-order valence-electron chi connectivity index (χ4n) is 1.60. The molecule has 0 atom stereocenters. The van der Waals surface area contributed by atoms with E-state index in [9.17, 15) is 18.9 Å². The molecule has 0 spiro atoms. The molecule has 1 amide bonds. The van der Waals surface area contributed by atoms with Crippen LogP contribution in [0.4, 0.5) is 4.79 Å². The molecule has 7 N–H and O–H groups in total. The van der Waals surface area contributed by atoms with Gasteiger partial charge in [-0.05, 0) is 20.8 Å². The number of rotatable bonds is 5. The van der Waals surface area contributed by atoms with Crippen molar-refractivity contribution in [2.24, 2.45) is 0 Å². The van der Waals surface area contributed by atoms with Gasteiger partial charge in [0.05, 0.1) is 12.8 Å². The van der Waals surface area contributed by atoms with Crippen molar-refractivity contribution >= 4 is 19.6 Å². The second-order valence-electron chi connectivity index (χ2n) is 6.90. The molecule has 1 aromatic rings. The molecule has 0 aliphatic heterocycles. The van der Waals surface area contributed by atoms with Gasteiger partial charge in [-0.3, -0.25) is 14.7 Å². The van der Waals surface area contributed by atoms with Crippen molar-refractivity contribution in [2.45, 2.75) is 46.1 Å². The average Bonchev–Trinajstić information content (AvgIpc) is 2.72. The third-order valence-corrected chi connectivity index (χ3v) is 3.26. The van der Waals surface area contributed by atoms with E-state index >= 15 is 0 Å². The van der Waals surface area contributed by atoms with E-state index in [1.807, 2.05) is 34.6 Å². The summed E-state index contributed by atoms with van der Waals surface area (Å²) >= 11 is 0. The number of nitrogen functional groups attached to an aromatic ring is 1. The van der Waals surface area contributed by atoms with Crippen molar-refractivity contribution < 1.29 is 29.0 Å². The summed E-state index contributed by atoms with van der Waals surface area (Å²) in [6.45, 7) is 8.70. The van der Waals surface area contributed by atoms with Crippen molar-refractivity contribution in [2.75, 3.05) is 18.7 Å². The number of nitrogens with two attached hydrogens (primary N) is 1. The molecule has 0 aliphatic rings. The van der Waals surface area contributed by atoms with Crippen LogP contribution in [0.1, 0.15) is 46.4 Å². The maximum atomic E-state index is 11.8. The molecule has 0 bridgehead atoms. The number of hydrogen-bond donors (Lipinski definition) is 6. The number of carboxylic acids is 1. The lowest BCUT2D eigenvalue weighted by molar-refractivity contribution is -0.135. The molecule has 14 heteroatoms. The summed E-state index contributed by atoms with van der Waals surface area (Å²) in [4.78, 5) is 49.6. The van der Waals surface area contributed by atoms with E-state index in [1.165, 1.54) is 0 Å². The second kappa shape index (κ2) is 9.65. The molecule has 13 nitrogen and oxygen atoms in total. The van der Waals surface area contributed by atoms with Gasteiger partial charge in [-0.1, -0.05) is 13.8 Å². The third-order valence-electron chi connectivity index (χ3n) is 2.62. The number of carbonyl (C=O) groups is 2. The van der Waals surface area contributed by atoms with Crippen LogP contribution in [0.2, 0.25) is 0 Å². The van der Waals surface area contributed by atoms with E-state index in [2.05, 4.69) is 15.7 Å². The molecule has 0 aliphatic carbocycles. The summed E-state index contributed by atoms with van der Waals surface area (Å²) in [5, 5.41) is 16.6. The summed E-state index contributed by atoms with van der Waals surface area (Å²) in [5.74, 6) is 4.74. The number of hydrogen-bond acceptors (Lipinski definition) is 7. The Balaban J connectivity index is 0.000000580. The van der Waals surface area contributed by atoms with Crippen LogP contribution in [0.15, 0.2) is 4.79 Å². The lowest BCUT2D eigenvalue weighted by Crippen LogP contribution is -2.47. The molecule has 0 unspecified atom stereocenters. The quantitative estimate of drug-likeness (QED) is 0.259. The van der Waals surface area contributed by atoms with Crippen LogP contribution in [0.3, 0.4) is 0 Å². The predicted octanol–water partition coefficient (Wildman–Crippen LogP) is -0.966. The van der Waals surface area contributed by atoms with Crippen LogP contribution in [0.25, 0.3) is 0 Å². The monoisotopic (exact) mass is 410 g/mol. The van der Waals surface area contributed by atoms with Crippen molar-refractivity contribution in [1.82, 2.24) is 25.1 Å². The molecular weight excluding hydrogens is 383 g/mol. The summed E-state index contributed by atoms with van der Waals surface area (Å²) in [6.07, 6.45) is -0.598. The van der Waals surface area contributed by atoms with Gasteiger partial charge in [-0.2, -0.15) is 4.68 Å². The maximum absolute atomic E-state index is 11.8. The van der Waals surface area contributed by atoms with Crippen LogP contribution in [-0.4, -0.2) is 59.7 Å². The standard InChI is InChI=1S/C10H19N5O2.C3H8NO5P/c1-6(2)7-13-15(9(17)14(7)11)8(16)12-10(3,4)5;5-3(6)1-4-2-10(7,8)9/h6H,11H2,1-5H3,(H,12,16);4H,1-2H2,(H,5,6)(H2,7,8,9).